The number of nitrogens with zero attached hydrogens (tertiary/aromatic N) is 1. The van der Waals surface area contributed by atoms with Crippen LogP contribution in [0, 0.1) is 5.92 Å². The Morgan fingerprint density at radius 1 is 1.38 bits per heavy atom. The fourth-order valence-electron chi connectivity index (χ4n) is 3.15. The molecule has 118 valence electrons. The summed E-state index contributed by atoms with van der Waals surface area (Å²) >= 11 is 0. The monoisotopic (exact) mass is 298 g/mol. The van der Waals surface area contributed by atoms with Crippen molar-refractivity contribution in [2.45, 2.75) is 25.3 Å². The normalized spacial score (nSPS) is 21.7. The van der Waals surface area contributed by atoms with Crippen LogP contribution in [0.4, 0.5) is 8.78 Å². The molecule has 1 aromatic carbocycles. The summed E-state index contributed by atoms with van der Waals surface area (Å²) in [6, 6.07) is 6.64. The Morgan fingerprint density at radius 2 is 2.14 bits per heavy atom. The molecule has 1 aliphatic heterocycles. The molecule has 0 radical (unpaired) electrons. The fourth-order valence-corrected chi connectivity index (χ4v) is 3.15. The Kier molecular flexibility index (Phi) is 6.08. The number of rotatable bonds is 6. The van der Waals surface area contributed by atoms with Crippen molar-refractivity contribution in [1.29, 1.82) is 0 Å². The molecule has 2 rings (SSSR count). The second-order valence-corrected chi connectivity index (χ2v) is 5.68. The molecule has 3 nitrogen and oxygen atoms in total. The summed E-state index contributed by atoms with van der Waals surface area (Å²) in [4.78, 5) is 2.30. The van der Waals surface area contributed by atoms with Gasteiger partial charge in [0.2, 0.25) is 0 Å². The number of halogens is 2. The highest BCUT2D eigenvalue weighted by molar-refractivity contribution is 5.27. The summed E-state index contributed by atoms with van der Waals surface area (Å²) in [6.07, 6.45) is -0.191. The van der Waals surface area contributed by atoms with Crippen LogP contribution in [0.3, 0.4) is 0 Å². The zero-order chi connectivity index (χ0) is 15.2. The maximum absolute atomic E-state index is 12.9. The van der Waals surface area contributed by atoms with Gasteiger partial charge in [-0.25, -0.2) is 8.78 Å². The number of methoxy groups -OCH3 is 1. The third kappa shape index (κ3) is 4.22. The van der Waals surface area contributed by atoms with E-state index in [1.54, 1.807) is 19.2 Å². The third-order valence-electron chi connectivity index (χ3n) is 4.16. The van der Waals surface area contributed by atoms with E-state index in [0.717, 1.165) is 38.1 Å². The number of alkyl halides is 2. The van der Waals surface area contributed by atoms with Gasteiger partial charge in [-0.15, -0.1) is 0 Å². The molecule has 1 aliphatic rings. The summed E-state index contributed by atoms with van der Waals surface area (Å²) in [5.41, 5.74) is 6.87. The van der Waals surface area contributed by atoms with Crippen molar-refractivity contribution in [1.82, 2.24) is 4.90 Å². The molecule has 1 aromatic rings. The van der Waals surface area contributed by atoms with Gasteiger partial charge in [-0.3, -0.25) is 4.90 Å². The Bertz CT molecular complexity index is 440. The van der Waals surface area contributed by atoms with Crippen LogP contribution >= 0.6 is 0 Å². The standard InChI is InChI=1S/C16H24F2N2O/c1-21-11-12-4-3-7-20(10-12)15(9-19)13-5-2-6-14(8-13)16(17)18/h2,5-6,8,12,15-16H,3-4,7,9-11,19H2,1H3. The molecule has 0 bridgehead atoms. The van der Waals surface area contributed by atoms with E-state index < -0.39 is 6.43 Å². The van der Waals surface area contributed by atoms with Crippen LogP contribution in [0.1, 0.15) is 36.4 Å². The average molecular weight is 298 g/mol. The van der Waals surface area contributed by atoms with E-state index in [2.05, 4.69) is 4.90 Å². The predicted molar refractivity (Wildman–Crippen MR) is 79.4 cm³/mol. The first-order valence-electron chi connectivity index (χ1n) is 7.46. The summed E-state index contributed by atoms with van der Waals surface area (Å²) in [7, 11) is 1.71. The third-order valence-corrected chi connectivity index (χ3v) is 4.16. The first kappa shape index (κ1) is 16.3. The van der Waals surface area contributed by atoms with E-state index in [9.17, 15) is 8.78 Å². The topological polar surface area (TPSA) is 38.5 Å². The molecular formula is C16H24F2N2O. The van der Waals surface area contributed by atoms with E-state index in [1.807, 2.05) is 6.07 Å². The van der Waals surface area contributed by atoms with E-state index in [4.69, 9.17) is 10.5 Å². The van der Waals surface area contributed by atoms with E-state index in [0.29, 0.717) is 12.5 Å². The van der Waals surface area contributed by atoms with Gasteiger partial charge in [-0.05, 0) is 36.9 Å². The number of ether oxygens (including phenoxy) is 1. The number of nitrogens with two attached hydrogens (primary N) is 1. The van der Waals surface area contributed by atoms with Crippen LogP contribution in [0.5, 0.6) is 0 Å². The van der Waals surface area contributed by atoms with Crippen molar-refractivity contribution in [2.24, 2.45) is 11.7 Å². The maximum Gasteiger partial charge on any atom is 0.263 e. The summed E-state index contributed by atoms with van der Waals surface area (Å²) in [5, 5.41) is 0. The Labute approximate surface area is 125 Å². The molecule has 0 aromatic heterocycles. The minimum absolute atomic E-state index is 0.00311. The Morgan fingerprint density at radius 3 is 2.81 bits per heavy atom. The number of benzene rings is 1. The average Bonchev–Trinajstić information content (AvgIpc) is 2.49. The SMILES string of the molecule is COCC1CCCN(C(CN)c2cccc(C(F)F)c2)C1. The van der Waals surface area contributed by atoms with Crippen LogP contribution < -0.4 is 5.73 Å². The van der Waals surface area contributed by atoms with Gasteiger partial charge in [0.25, 0.3) is 6.43 Å². The van der Waals surface area contributed by atoms with Gasteiger partial charge in [0.1, 0.15) is 0 Å². The largest absolute Gasteiger partial charge is 0.384 e. The zero-order valence-corrected chi connectivity index (χ0v) is 12.5. The van der Waals surface area contributed by atoms with Crippen molar-refractivity contribution < 1.29 is 13.5 Å². The number of hydrogen-bond acceptors (Lipinski definition) is 3. The quantitative estimate of drug-likeness (QED) is 0.877. The number of hydrogen-bond donors (Lipinski definition) is 1. The van der Waals surface area contributed by atoms with E-state index in [-0.39, 0.29) is 11.6 Å². The first-order valence-corrected chi connectivity index (χ1v) is 7.46. The molecule has 0 aliphatic carbocycles. The van der Waals surface area contributed by atoms with Crippen LogP contribution in [0.25, 0.3) is 0 Å². The summed E-state index contributed by atoms with van der Waals surface area (Å²) in [6.45, 7) is 3.05. The molecule has 2 atom stereocenters. The molecule has 1 fully saturated rings. The van der Waals surface area contributed by atoms with Crippen molar-refractivity contribution >= 4 is 0 Å². The molecule has 2 unspecified atom stereocenters. The lowest BCUT2D eigenvalue weighted by Crippen LogP contribution is -2.42. The molecule has 1 saturated heterocycles. The Hall–Kier alpha value is -1.04. The first-order chi connectivity index (χ1) is 10.2. The highest BCUT2D eigenvalue weighted by atomic mass is 19.3. The second kappa shape index (κ2) is 7.82. The second-order valence-electron chi connectivity index (χ2n) is 5.68. The summed E-state index contributed by atoms with van der Waals surface area (Å²) < 4.78 is 31.0. The van der Waals surface area contributed by atoms with Gasteiger partial charge in [0, 0.05) is 31.8 Å². The van der Waals surface area contributed by atoms with Crippen LogP contribution in [0.15, 0.2) is 24.3 Å². The van der Waals surface area contributed by atoms with Crippen LogP contribution in [-0.4, -0.2) is 38.3 Å². The molecule has 2 N–H and O–H groups in total. The fraction of sp³-hybridized carbons (Fsp3) is 0.625. The molecule has 0 amide bonds. The predicted octanol–water partition coefficient (Wildman–Crippen LogP) is 2.98. The highest BCUT2D eigenvalue weighted by Crippen LogP contribution is 2.29. The molecule has 1 heterocycles. The Balaban J connectivity index is 2.13. The van der Waals surface area contributed by atoms with Gasteiger partial charge in [-0.1, -0.05) is 18.2 Å². The van der Waals surface area contributed by atoms with Crippen molar-refractivity contribution in [3.63, 3.8) is 0 Å². The van der Waals surface area contributed by atoms with Gasteiger partial charge in [-0.2, -0.15) is 0 Å². The maximum atomic E-state index is 12.9. The van der Waals surface area contributed by atoms with Gasteiger partial charge in [0.05, 0.1) is 6.61 Å². The molecular weight excluding hydrogens is 274 g/mol. The molecule has 0 saturated carbocycles. The molecule has 21 heavy (non-hydrogen) atoms. The van der Waals surface area contributed by atoms with Crippen LogP contribution in [0.2, 0.25) is 0 Å². The van der Waals surface area contributed by atoms with Crippen molar-refractivity contribution in [3.8, 4) is 0 Å². The highest BCUT2D eigenvalue weighted by Gasteiger charge is 2.26. The van der Waals surface area contributed by atoms with Gasteiger partial charge < -0.3 is 10.5 Å². The molecule has 5 heteroatoms. The minimum atomic E-state index is -2.44. The van der Waals surface area contributed by atoms with Crippen molar-refractivity contribution in [2.75, 3.05) is 33.4 Å². The summed E-state index contributed by atoms with van der Waals surface area (Å²) in [5.74, 6) is 0.496. The minimum Gasteiger partial charge on any atom is -0.384 e. The lowest BCUT2D eigenvalue weighted by molar-refractivity contribution is 0.0695. The zero-order valence-electron chi connectivity index (χ0n) is 12.5. The van der Waals surface area contributed by atoms with E-state index >= 15 is 0 Å². The molecule has 0 spiro atoms. The number of piperidine rings is 1. The number of likely N-dealkylation sites (tertiary alicyclic amines) is 1. The van der Waals surface area contributed by atoms with Gasteiger partial charge >= 0.3 is 0 Å². The van der Waals surface area contributed by atoms with Crippen LogP contribution in [-0.2, 0) is 4.74 Å². The van der Waals surface area contributed by atoms with Crippen molar-refractivity contribution in [3.05, 3.63) is 35.4 Å². The van der Waals surface area contributed by atoms with E-state index in [1.165, 1.54) is 6.07 Å². The van der Waals surface area contributed by atoms with Gasteiger partial charge in [0.15, 0.2) is 0 Å². The lowest BCUT2D eigenvalue weighted by atomic mass is 9.94. The lowest BCUT2D eigenvalue weighted by Gasteiger charge is -2.38. The smallest absolute Gasteiger partial charge is 0.263 e.